The molecule has 44 heavy (non-hydrogen) atoms. The Hall–Kier alpha value is -3.38. The molecule has 1 saturated carbocycles. The summed E-state index contributed by atoms with van der Waals surface area (Å²) in [6.07, 6.45) is 4.52. The predicted octanol–water partition coefficient (Wildman–Crippen LogP) is 2.21. The number of carbonyl (C=O) groups excluding carboxylic acids is 3. The number of nitrogens with zero attached hydrogens (tertiary/aromatic N) is 5. The van der Waals surface area contributed by atoms with Crippen molar-refractivity contribution in [2.75, 3.05) is 50.7 Å². The van der Waals surface area contributed by atoms with Crippen LogP contribution in [0.5, 0.6) is 0 Å². The van der Waals surface area contributed by atoms with Crippen molar-refractivity contribution in [2.45, 2.75) is 83.0 Å². The molecule has 240 valence electrons. The average molecular weight is 610 g/mol. The number of anilines is 1. The number of carbonyl (C=O) groups is 3. The van der Waals surface area contributed by atoms with Crippen LogP contribution in [0, 0.1) is 5.92 Å². The summed E-state index contributed by atoms with van der Waals surface area (Å²) in [5.41, 5.74) is 1.92. The van der Waals surface area contributed by atoms with Crippen LogP contribution in [0.15, 0.2) is 23.0 Å². The van der Waals surface area contributed by atoms with Crippen molar-refractivity contribution in [3.8, 4) is 0 Å². The SMILES string of the molecule is Cn1c(=O)n(C2CCC(=O)NC2=O)c2ccc(N3CCC(CN4CCN([C@H]5C[C@@H](NC(=O)OC(C)(C)C)C5)CC4)CC3)cc21. The van der Waals surface area contributed by atoms with E-state index in [-0.39, 0.29) is 30.2 Å². The summed E-state index contributed by atoms with van der Waals surface area (Å²) in [6, 6.07) is 6.16. The molecule has 4 fully saturated rings. The van der Waals surface area contributed by atoms with Crippen molar-refractivity contribution >= 4 is 34.6 Å². The van der Waals surface area contributed by atoms with Crippen LogP contribution in [-0.4, -0.2) is 100 Å². The van der Waals surface area contributed by atoms with E-state index < -0.39 is 17.6 Å². The Labute approximate surface area is 258 Å². The third-order valence-electron chi connectivity index (χ3n) is 9.85. The maximum absolute atomic E-state index is 13.1. The van der Waals surface area contributed by atoms with Crippen LogP contribution >= 0.6 is 0 Å². The zero-order chi connectivity index (χ0) is 31.2. The van der Waals surface area contributed by atoms with Gasteiger partial charge >= 0.3 is 11.8 Å². The van der Waals surface area contributed by atoms with Crippen molar-refractivity contribution in [2.24, 2.45) is 13.0 Å². The number of imide groups is 1. The number of amides is 3. The summed E-state index contributed by atoms with van der Waals surface area (Å²) in [4.78, 5) is 56.9. The number of hydrogen-bond acceptors (Lipinski definition) is 8. The van der Waals surface area contributed by atoms with Crippen molar-refractivity contribution in [3.05, 3.63) is 28.7 Å². The maximum atomic E-state index is 13.1. The first kappa shape index (κ1) is 30.6. The minimum atomic E-state index is -0.667. The van der Waals surface area contributed by atoms with E-state index in [4.69, 9.17) is 4.74 Å². The monoisotopic (exact) mass is 609 g/mol. The molecule has 2 N–H and O–H groups in total. The van der Waals surface area contributed by atoms with Crippen molar-refractivity contribution in [1.82, 2.24) is 29.6 Å². The Morgan fingerprint density at radius 2 is 1.68 bits per heavy atom. The predicted molar refractivity (Wildman–Crippen MR) is 168 cm³/mol. The molecule has 6 rings (SSSR count). The molecule has 1 aromatic carbocycles. The number of imidazole rings is 1. The molecule has 1 aliphatic carbocycles. The highest BCUT2D eigenvalue weighted by molar-refractivity contribution is 6.00. The molecular formula is C32H47N7O5. The van der Waals surface area contributed by atoms with E-state index in [1.54, 1.807) is 11.6 Å². The van der Waals surface area contributed by atoms with E-state index in [1.807, 2.05) is 26.8 Å². The van der Waals surface area contributed by atoms with E-state index in [9.17, 15) is 19.2 Å². The van der Waals surface area contributed by atoms with Crippen molar-refractivity contribution < 1.29 is 19.1 Å². The van der Waals surface area contributed by atoms with Crippen molar-refractivity contribution in [3.63, 3.8) is 0 Å². The third-order valence-corrected chi connectivity index (χ3v) is 9.85. The highest BCUT2D eigenvalue weighted by Crippen LogP contribution is 2.30. The summed E-state index contributed by atoms with van der Waals surface area (Å²) in [7, 11) is 1.74. The number of alkyl carbamates (subject to hydrolysis) is 1. The summed E-state index contributed by atoms with van der Waals surface area (Å²) in [5, 5.41) is 5.38. The molecular weight excluding hydrogens is 562 g/mol. The quantitative estimate of drug-likeness (QED) is 0.479. The Bertz CT molecular complexity index is 1450. The first-order valence-electron chi connectivity index (χ1n) is 16.2. The molecule has 0 radical (unpaired) electrons. The zero-order valence-electron chi connectivity index (χ0n) is 26.5. The number of nitrogens with one attached hydrogen (secondary N) is 2. The van der Waals surface area contributed by atoms with Crippen LogP contribution in [0.3, 0.4) is 0 Å². The first-order valence-corrected chi connectivity index (χ1v) is 16.2. The minimum absolute atomic E-state index is 0.217. The lowest BCUT2D eigenvalue weighted by atomic mass is 9.85. The number of rotatable bonds is 6. The zero-order valence-corrected chi connectivity index (χ0v) is 26.5. The molecule has 0 spiro atoms. The number of piperazine rings is 1. The summed E-state index contributed by atoms with van der Waals surface area (Å²) >= 11 is 0. The molecule has 3 amide bonds. The molecule has 3 saturated heterocycles. The van der Waals surface area contributed by atoms with Gasteiger partial charge in [0, 0.05) is 77.1 Å². The van der Waals surface area contributed by atoms with Gasteiger partial charge in [-0.25, -0.2) is 9.59 Å². The van der Waals surface area contributed by atoms with Crippen LogP contribution in [0.4, 0.5) is 10.5 Å². The number of benzene rings is 1. The number of hydrogen-bond donors (Lipinski definition) is 2. The van der Waals surface area contributed by atoms with Crippen LogP contribution in [0.1, 0.15) is 65.3 Å². The lowest BCUT2D eigenvalue weighted by Gasteiger charge is -2.47. The Morgan fingerprint density at radius 1 is 0.977 bits per heavy atom. The lowest BCUT2D eigenvalue weighted by molar-refractivity contribution is -0.135. The molecule has 12 heteroatoms. The van der Waals surface area contributed by atoms with Crippen molar-refractivity contribution in [1.29, 1.82) is 0 Å². The Morgan fingerprint density at radius 3 is 2.34 bits per heavy atom. The van der Waals surface area contributed by atoms with E-state index in [1.165, 1.54) is 4.57 Å². The molecule has 1 unspecified atom stereocenters. The normalized spacial score (nSPS) is 26.0. The minimum Gasteiger partial charge on any atom is -0.444 e. The fourth-order valence-corrected chi connectivity index (χ4v) is 7.31. The van der Waals surface area contributed by atoms with Crippen LogP contribution in [0.2, 0.25) is 0 Å². The van der Waals surface area contributed by atoms with Gasteiger partial charge in [-0.1, -0.05) is 0 Å². The summed E-state index contributed by atoms with van der Waals surface area (Å²) in [5.74, 6) is -0.0244. The number of ether oxygens (including phenoxy) is 1. The van der Waals surface area contributed by atoms with Crippen LogP contribution < -0.4 is 21.2 Å². The molecule has 4 aliphatic rings. The highest BCUT2D eigenvalue weighted by Gasteiger charge is 2.37. The van der Waals surface area contributed by atoms with Gasteiger partial charge in [-0.05, 0) is 77.0 Å². The van der Waals surface area contributed by atoms with Gasteiger partial charge in [0.15, 0.2) is 0 Å². The van der Waals surface area contributed by atoms with Gasteiger partial charge < -0.3 is 19.9 Å². The third kappa shape index (κ3) is 6.51. The van der Waals surface area contributed by atoms with E-state index in [0.29, 0.717) is 18.4 Å². The molecule has 3 aliphatic heterocycles. The topological polar surface area (TPSA) is 121 Å². The van der Waals surface area contributed by atoms with E-state index in [2.05, 4.69) is 37.5 Å². The molecule has 2 aromatic rings. The Balaban J connectivity index is 0.962. The second-order valence-corrected chi connectivity index (χ2v) is 14.1. The van der Waals surface area contributed by atoms with E-state index in [0.717, 1.165) is 88.2 Å². The smallest absolute Gasteiger partial charge is 0.407 e. The first-order chi connectivity index (χ1) is 20.9. The van der Waals surface area contributed by atoms with Gasteiger partial charge in [-0.15, -0.1) is 0 Å². The van der Waals surface area contributed by atoms with Gasteiger partial charge in [0.2, 0.25) is 11.8 Å². The van der Waals surface area contributed by atoms with Gasteiger partial charge in [0.25, 0.3) is 0 Å². The standard InChI is InChI=1S/C32H47N7O5/c1-32(2,3)44-30(42)33-22-17-24(18-22)38-15-13-36(14-16-38)20-21-9-11-37(12-10-21)23-5-6-25-27(19-23)35(4)31(43)39(25)26-7-8-28(40)34-29(26)41/h5-6,19,21-22,24,26H,7-18,20H2,1-4H3,(H,33,42)(H,34,40,41)/t22-,24+,26?. The van der Waals surface area contributed by atoms with Gasteiger partial charge in [0.05, 0.1) is 11.0 Å². The van der Waals surface area contributed by atoms with Crippen LogP contribution in [0.25, 0.3) is 11.0 Å². The lowest BCUT2D eigenvalue weighted by Crippen LogP contribution is -2.59. The highest BCUT2D eigenvalue weighted by atomic mass is 16.6. The molecule has 1 atom stereocenters. The second kappa shape index (κ2) is 12.2. The second-order valence-electron chi connectivity index (χ2n) is 14.1. The van der Waals surface area contributed by atoms with Gasteiger partial charge in [-0.3, -0.25) is 28.9 Å². The number of aromatic nitrogens is 2. The summed E-state index contributed by atoms with van der Waals surface area (Å²) < 4.78 is 8.54. The maximum Gasteiger partial charge on any atom is 0.407 e. The number of aryl methyl sites for hydroxylation is 1. The summed E-state index contributed by atoms with van der Waals surface area (Å²) in [6.45, 7) is 13.1. The molecule has 1 aromatic heterocycles. The van der Waals surface area contributed by atoms with Gasteiger partial charge in [-0.2, -0.15) is 0 Å². The fraction of sp³-hybridized carbons (Fsp3) is 0.688. The largest absolute Gasteiger partial charge is 0.444 e. The number of fused-ring (bicyclic) bond motifs is 1. The Kier molecular flexibility index (Phi) is 8.49. The molecule has 0 bridgehead atoms. The van der Waals surface area contributed by atoms with Gasteiger partial charge in [0.1, 0.15) is 11.6 Å². The number of piperidine rings is 2. The van der Waals surface area contributed by atoms with Crippen LogP contribution in [-0.2, 0) is 21.4 Å². The average Bonchev–Trinajstić information content (AvgIpc) is 3.19. The molecule has 12 nitrogen and oxygen atoms in total. The molecule has 4 heterocycles. The van der Waals surface area contributed by atoms with E-state index >= 15 is 0 Å². The fourth-order valence-electron chi connectivity index (χ4n) is 7.31.